The van der Waals surface area contributed by atoms with Crippen molar-refractivity contribution in [3.63, 3.8) is 0 Å². The van der Waals surface area contributed by atoms with Gasteiger partial charge in [0.2, 0.25) is 0 Å². The van der Waals surface area contributed by atoms with Gasteiger partial charge in [0.1, 0.15) is 0 Å². The Balaban J connectivity index is 0.00000180. The summed E-state index contributed by atoms with van der Waals surface area (Å²) in [6.07, 6.45) is 6.25. The van der Waals surface area contributed by atoms with Gasteiger partial charge in [-0.15, -0.1) is 0 Å². The van der Waals surface area contributed by atoms with Crippen molar-refractivity contribution >= 4 is 33.0 Å². The van der Waals surface area contributed by atoms with E-state index in [1.807, 2.05) is 0 Å². The minimum absolute atomic E-state index is 0. The second-order valence-electron chi connectivity index (χ2n) is 5.32. The van der Waals surface area contributed by atoms with Gasteiger partial charge in [-0.3, -0.25) is 4.79 Å². The number of rotatable bonds is 3. The van der Waals surface area contributed by atoms with Crippen molar-refractivity contribution in [2.24, 2.45) is 0 Å². The molecule has 1 aliphatic rings. The van der Waals surface area contributed by atoms with Crippen LogP contribution in [0.3, 0.4) is 0 Å². The Morgan fingerprint density at radius 3 is 2.21 bits per heavy atom. The maximum absolute atomic E-state index is 12.5. The Hall–Kier alpha value is -0.0826. The van der Waals surface area contributed by atoms with E-state index >= 15 is 0 Å². The van der Waals surface area contributed by atoms with E-state index in [1.165, 1.54) is 48.9 Å². The first-order valence-electron chi connectivity index (χ1n) is 6.82. The molecule has 0 spiro atoms. The van der Waals surface area contributed by atoms with Crippen molar-refractivity contribution in [1.82, 2.24) is 0 Å². The second-order valence-corrected chi connectivity index (χ2v) is 6.73. The molecule has 1 atom stereocenters. The van der Waals surface area contributed by atoms with Crippen LogP contribution in [0.15, 0.2) is 12.1 Å². The van der Waals surface area contributed by atoms with Crippen molar-refractivity contribution in [3.8, 4) is 0 Å². The molecule has 2 rings (SSSR count). The molecule has 0 amide bonds. The van der Waals surface area contributed by atoms with Gasteiger partial charge >= 0.3 is 18.9 Å². The number of benzene rings is 1. The normalized spacial score (nSPS) is 16.6. The van der Waals surface area contributed by atoms with Crippen LogP contribution in [0.1, 0.15) is 59.2 Å². The third-order valence-electron chi connectivity index (χ3n) is 3.92. The van der Waals surface area contributed by atoms with Crippen molar-refractivity contribution in [2.45, 2.75) is 52.9 Å². The van der Waals surface area contributed by atoms with Crippen LogP contribution in [0, 0.1) is 26.4 Å². The first-order valence-corrected chi connectivity index (χ1v) is 7.82. The third kappa shape index (κ3) is 4.19. The zero-order valence-corrected chi connectivity index (χ0v) is 12.6. The molecule has 3 heteroatoms. The monoisotopic (exact) mass is 269 g/mol. The number of hydrogen-bond acceptors (Lipinski definition) is 1. The molecule has 19 heavy (non-hydrogen) atoms. The average Bonchev–Trinajstić information content (AvgIpc) is 2.36. The summed E-state index contributed by atoms with van der Waals surface area (Å²) in [6, 6.07) is 4.18. The molecule has 1 fully saturated rings. The molecular weight excluding hydrogens is 246 g/mol. The molecule has 1 unspecified atom stereocenters. The Bertz CT molecular complexity index is 450. The summed E-state index contributed by atoms with van der Waals surface area (Å²) in [5, 5.41) is 0. The molecule has 1 saturated carbocycles. The van der Waals surface area contributed by atoms with Crippen LogP contribution in [0.2, 0.25) is 0 Å². The molecule has 0 aliphatic heterocycles. The van der Waals surface area contributed by atoms with E-state index in [-0.39, 0.29) is 18.9 Å². The van der Waals surface area contributed by atoms with Gasteiger partial charge in [0.05, 0.1) is 0 Å². The van der Waals surface area contributed by atoms with Gasteiger partial charge in [-0.25, -0.2) is 0 Å². The van der Waals surface area contributed by atoms with Crippen molar-refractivity contribution in [3.05, 3.63) is 40.0 Å². The molecule has 0 saturated heterocycles. The zero-order chi connectivity index (χ0) is 13.1. The number of hydrogen-bond donors (Lipinski definition) is 0. The fraction of sp³-hybridized carbons (Fsp3) is 0.500. The minimum atomic E-state index is 0. The third-order valence-corrected chi connectivity index (χ3v) is 5.25. The Morgan fingerprint density at radius 1 is 1.00 bits per heavy atom. The number of aryl methyl sites for hydroxylation is 2. The topological polar surface area (TPSA) is 17.1 Å². The zero-order valence-electron chi connectivity index (χ0n) is 11.6. The summed E-state index contributed by atoms with van der Waals surface area (Å²) in [4.78, 5) is 12.5. The van der Waals surface area contributed by atoms with Crippen molar-refractivity contribution < 1.29 is 4.79 Å². The molecule has 1 aliphatic carbocycles. The van der Waals surface area contributed by atoms with E-state index in [0.717, 1.165) is 11.1 Å². The maximum atomic E-state index is 12.5. The molecule has 0 aromatic heterocycles. The second kappa shape index (κ2) is 7.63. The van der Waals surface area contributed by atoms with Gasteiger partial charge in [-0.1, -0.05) is 31.4 Å². The fourth-order valence-electron chi connectivity index (χ4n) is 2.63. The van der Waals surface area contributed by atoms with Gasteiger partial charge in [0.25, 0.3) is 0 Å². The first kappa shape index (κ1) is 17.0. The van der Waals surface area contributed by atoms with E-state index in [4.69, 9.17) is 0 Å². The quantitative estimate of drug-likeness (QED) is 0.591. The Labute approximate surface area is 130 Å². The number of carbonyl (C=O) groups is 1. The summed E-state index contributed by atoms with van der Waals surface area (Å²) in [5.74, 6) is 0. The standard InChI is InChI=1S/C16H22OP.Li.H/c1-11-9-10-12(2)15(13(11)3)16(17)18-14-7-5-4-6-8-14;;/h9-10,18H,4-8H2,1-3H3;;. The Morgan fingerprint density at radius 2 is 1.58 bits per heavy atom. The van der Waals surface area contributed by atoms with Crippen LogP contribution in [0.5, 0.6) is 0 Å². The van der Waals surface area contributed by atoms with Crippen LogP contribution in [-0.4, -0.2) is 24.4 Å². The molecule has 1 aromatic carbocycles. The molecule has 1 aromatic rings. The molecule has 0 heterocycles. The molecule has 1 radical (unpaired) electrons. The van der Waals surface area contributed by atoms with Crippen LogP contribution in [0.25, 0.3) is 0 Å². The van der Waals surface area contributed by atoms with Gasteiger partial charge in [-0.05, 0) is 58.9 Å². The van der Waals surface area contributed by atoms with E-state index in [1.54, 1.807) is 0 Å². The summed E-state index contributed by atoms with van der Waals surface area (Å²) >= 11 is 0. The summed E-state index contributed by atoms with van der Waals surface area (Å²) < 4.78 is 0. The average molecular weight is 269 g/mol. The fourth-order valence-corrected chi connectivity index (χ4v) is 4.06. The van der Waals surface area contributed by atoms with Gasteiger partial charge in [0, 0.05) is 11.2 Å². The predicted octanol–water partition coefficient (Wildman–Crippen LogP) is 4.28. The van der Waals surface area contributed by atoms with E-state index < -0.39 is 0 Å². The van der Waals surface area contributed by atoms with Gasteiger partial charge in [0.15, 0.2) is 5.52 Å². The van der Waals surface area contributed by atoms with Crippen molar-refractivity contribution in [1.29, 1.82) is 0 Å². The van der Waals surface area contributed by atoms with Crippen LogP contribution < -0.4 is 0 Å². The molecule has 1 nitrogen and oxygen atoms in total. The van der Waals surface area contributed by atoms with Crippen molar-refractivity contribution in [2.75, 3.05) is 0 Å². The van der Waals surface area contributed by atoms with Crippen LogP contribution in [0.4, 0.5) is 0 Å². The predicted molar refractivity (Wildman–Crippen MR) is 86.8 cm³/mol. The number of carbonyl (C=O) groups excluding carboxylic acids is 1. The summed E-state index contributed by atoms with van der Waals surface area (Å²) in [5.41, 5.74) is 6.35. The molecule has 0 bridgehead atoms. The summed E-state index contributed by atoms with van der Waals surface area (Å²) in [6.45, 7) is 6.21. The van der Waals surface area contributed by atoms with E-state index in [2.05, 4.69) is 32.9 Å². The molecule has 0 N–H and O–H groups in total. The van der Waals surface area contributed by atoms with E-state index in [9.17, 15) is 4.79 Å². The summed E-state index contributed by atoms with van der Waals surface area (Å²) in [7, 11) is 0.400. The van der Waals surface area contributed by atoms with Crippen LogP contribution >= 0.6 is 8.58 Å². The molecular formula is C16H23LiOP. The van der Waals surface area contributed by atoms with Crippen LogP contribution in [-0.2, 0) is 0 Å². The molecule has 99 valence electrons. The first-order chi connectivity index (χ1) is 8.59. The van der Waals surface area contributed by atoms with E-state index in [0.29, 0.717) is 14.1 Å². The van der Waals surface area contributed by atoms with Gasteiger partial charge < -0.3 is 0 Å². The van der Waals surface area contributed by atoms with Gasteiger partial charge in [-0.2, -0.15) is 0 Å². The SMILES string of the molecule is Cc1ccc(C)c(C(=O)P[C]2CCCCC2)c1C.[LiH]. The Kier molecular flexibility index (Phi) is 6.82.